The summed E-state index contributed by atoms with van der Waals surface area (Å²) in [5.74, 6) is 0. The van der Waals surface area contributed by atoms with Crippen LogP contribution in [0.15, 0.2) is 200 Å². The maximum Gasteiger partial charge on any atom is 0.252 e. The molecule has 0 spiro atoms. The summed E-state index contributed by atoms with van der Waals surface area (Å²) in [6, 6.07) is 78.2. The third-order valence-electron chi connectivity index (χ3n) is 20.9. The summed E-state index contributed by atoms with van der Waals surface area (Å²) >= 11 is 0. The van der Waals surface area contributed by atoms with Gasteiger partial charge in [0.2, 0.25) is 0 Å². The van der Waals surface area contributed by atoms with Gasteiger partial charge >= 0.3 is 0 Å². The zero-order chi connectivity index (χ0) is 54.0. The van der Waals surface area contributed by atoms with E-state index in [1.807, 2.05) is 0 Å². The second-order valence-electron chi connectivity index (χ2n) is 26.9. The van der Waals surface area contributed by atoms with E-state index in [0.29, 0.717) is 0 Å². The molecule has 0 N–H and O–H groups in total. The number of hydrogen-bond acceptors (Lipinski definition) is 3. The van der Waals surface area contributed by atoms with Gasteiger partial charge in [0.05, 0.1) is 11.1 Å². The Kier molecular flexibility index (Phi) is 10.3. The van der Waals surface area contributed by atoms with Gasteiger partial charge in [0, 0.05) is 50.6 Å². The first-order valence-corrected chi connectivity index (χ1v) is 29.5. The first-order chi connectivity index (χ1) is 38.0. The fourth-order valence-corrected chi connectivity index (χ4v) is 16.6. The van der Waals surface area contributed by atoms with Gasteiger partial charge in [-0.2, -0.15) is 0 Å². The summed E-state index contributed by atoms with van der Waals surface area (Å²) in [6.45, 7) is 22.2. The molecule has 1 saturated carbocycles. The van der Waals surface area contributed by atoms with Gasteiger partial charge in [-0.05, 0) is 164 Å². The minimum Gasteiger partial charge on any atom is -0.335 e. The molecule has 0 radical (unpaired) electrons. The Morgan fingerprint density at radius 2 is 1.03 bits per heavy atom. The molecule has 390 valence electrons. The Morgan fingerprint density at radius 3 is 1.73 bits per heavy atom. The minimum atomic E-state index is -0.396. The molecule has 4 atom stereocenters. The van der Waals surface area contributed by atoms with E-state index in [1.54, 1.807) is 0 Å². The molecule has 9 aromatic rings. The van der Waals surface area contributed by atoms with Crippen molar-refractivity contribution in [1.82, 2.24) is 0 Å². The summed E-state index contributed by atoms with van der Waals surface area (Å²) in [5.41, 5.74) is 27.2. The van der Waals surface area contributed by atoms with E-state index in [9.17, 15) is 0 Å². The van der Waals surface area contributed by atoms with Crippen molar-refractivity contribution in [2.45, 2.75) is 134 Å². The van der Waals surface area contributed by atoms with E-state index in [-0.39, 0.29) is 33.9 Å². The lowest BCUT2D eigenvalue weighted by Crippen LogP contribution is -2.65. The SMILES string of the molecule is CC(C)(C)c1ccc2c(c1)C1(C)CCc3ccccc3C1(C)N2c1cc2c3c(c1)N1c4c(cc(C(C)(C)C)cc4C4(c5ccccc5)CCCCC14C)B3c1cc(-c3ccccc3)ccc1N2c1ccc(-c2ccccc2)cc1. The van der Waals surface area contributed by atoms with Crippen LogP contribution in [0.2, 0.25) is 0 Å². The predicted octanol–water partition coefficient (Wildman–Crippen LogP) is 17.3. The number of nitrogens with zero attached hydrogens (tertiary/aromatic N) is 3. The monoisotopic (exact) mass is 1030 g/mol. The standard InChI is InChI=1S/C75H72BN3/c1-70(2,3)55-34-38-64-60(44-55)72(7)42-39-52-27-19-20-30-59(52)74(72,9)78(64)58-47-66-68-67(48-58)79-69-61(75(54-28-17-12-18-29-54)41-22-21-40-73(75,79)8)45-56(71(4,5)6)46-63(69)76(68)62-43-53(50-25-15-11-16-26-50)33-37-65(62)77(66)57-35-31-51(32-36-57)49-23-13-10-14-24-49/h10-20,23-38,43-48H,21-22,39-42H2,1-9H3. The van der Waals surface area contributed by atoms with Crippen LogP contribution in [-0.2, 0) is 33.6 Å². The highest BCUT2D eigenvalue weighted by Gasteiger charge is 2.65. The molecular weight excluding hydrogens is 954 g/mol. The molecule has 1 fully saturated rings. The highest BCUT2D eigenvalue weighted by atomic mass is 15.3. The number of aryl methyl sites for hydroxylation is 1. The topological polar surface area (TPSA) is 9.72 Å². The Balaban J connectivity index is 1.09. The van der Waals surface area contributed by atoms with Crippen molar-refractivity contribution in [3.8, 4) is 22.3 Å². The van der Waals surface area contributed by atoms with Gasteiger partial charge in [-0.15, -0.1) is 0 Å². The molecule has 4 heterocycles. The van der Waals surface area contributed by atoms with Gasteiger partial charge in [-0.25, -0.2) is 0 Å². The lowest BCUT2D eigenvalue weighted by atomic mass is 9.33. The van der Waals surface area contributed by atoms with E-state index in [4.69, 9.17) is 0 Å². The van der Waals surface area contributed by atoms with Gasteiger partial charge in [-0.3, -0.25) is 0 Å². The fraction of sp³-hybridized carbons (Fsp3) is 0.280. The Morgan fingerprint density at radius 1 is 0.430 bits per heavy atom. The molecule has 9 aromatic carbocycles. The van der Waals surface area contributed by atoms with Crippen LogP contribution in [0.3, 0.4) is 0 Å². The normalized spacial score (nSPS) is 23.1. The van der Waals surface area contributed by atoms with Crippen LogP contribution in [0.1, 0.15) is 133 Å². The summed E-state index contributed by atoms with van der Waals surface area (Å²) in [6.07, 6.45) is 6.72. The lowest BCUT2D eigenvalue weighted by molar-refractivity contribution is 0.215. The second-order valence-corrected chi connectivity index (χ2v) is 26.9. The third-order valence-corrected chi connectivity index (χ3v) is 20.9. The average molecular weight is 1030 g/mol. The van der Waals surface area contributed by atoms with Gasteiger partial charge < -0.3 is 14.7 Å². The summed E-state index contributed by atoms with van der Waals surface area (Å²) < 4.78 is 0. The van der Waals surface area contributed by atoms with Crippen LogP contribution in [0.5, 0.6) is 0 Å². The van der Waals surface area contributed by atoms with E-state index >= 15 is 0 Å². The maximum atomic E-state index is 2.97. The lowest BCUT2D eigenvalue weighted by Gasteiger charge is -2.55. The zero-order valence-corrected chi connectivity index (χ0v) is 47.7. The van der Waals surface area contributed by atoms with Crippen molar-refractivity contribution in [3.05, 3.63) is 239 Å². The quantitative estimate of drug-likeness (QED) is 0.159. The molecule has 79 heavy (non-hydrogen) atoms. The summed E-state index contributed by atoms with van der Waals surface area (Å²) in [7, 11) is 0. The van der Waals surface area contributed by atoms with Crippen LogP contribution in [0.4, 0.5) is 39.8 Å². The summed E-state index contributed by atoms with van der Waals surface area (Å²) in [5, 5.41) is 0. The highest BCUT2D eigenvalue weighted by molar-refractivity contribution is 7.00. The molecule has 0 aromatic heterocycles. The molecule has 0 amide bonds. The smallest absolute Gasteiger partial charge is 0.252 e. The molecule has 0 bridgehead atoms. The van der Waals surface area contributed by atoms with Crippen molar-refractivity contribution < 1.29 is 0 Å². The van der Waals surface area contributed by atoms with Gasteiger partial charge in [0.25, 0.3) is 6.71 Å². The fourth-order valence-electron chi connectivity index (χ4n) is 16.6. The van der Waals surface area contributed by atoms with Crippen LogP contribution in [-0.4, -0.2) is 12.3 Å². The second kappa shape index (κ2) is 16.7. The number of hydrogen-bond donors (Lipinski definition) is 0. The zero-order valence-electron chi connectivity index (χ0n) is 47.7. The summed E-state index contributed by atoms with van der Waals surface area (Å²) in [4.78, 5) is 8.47. The average Bonchev–Trinajstić information content (AvgIpc) is 2.80. The molecular formula is C75H72BN3. The maximum absolute atomic E-state index is 2.97. The number of fused-ring (bicyclic) bond motifs is 12. The Labute approximate surface area is 470 Å². The van der Waals surface area contributed by atoms with Crippen molar-refractivity contribution in [3.63, 3.8) is 0 Å². The number of anilines is 7. The number of benzene rings is 9. The van der Waals surface area contributed by atoms with Crippen LogP contribution >= 0.6 is 0 Å². The molecule has 4 heteroatoms. The molecule has 15 rings (SSSR count). The molecule has 4 unspecified atom stereocenters. The van der Waals surface area contributed by atoms with Gasteiger partial charge in [-0.1, -0.05) is 225 Å². The molecule has 3 nitrogen and oxygen atoms in total. The number of rotatable bonds is 5. The van der Waals surface area contributed by atoms with Crippen molar-refractivity contribution in [2.24, 2.45) is 0 Å². The van der Waals surface area contributed by atoms with Crippen LogP contribution in [0, 0.1) is 0 Å². The molecule has 2 aliphatic carbocycles. The molecule has 6 aliphatic rings. The van der Waals surface area contributed by atoms with Crippen molar-refractivity contribution >= 4 is 62.9 Å². The van der Waals surface area contributed by atoms with E-state index in [1.165, 1.54) is 130 Å². The van der Waals surface area contributed by atoms with Gasteiger partial charge in [0.1, 0.15) is 0 Å². The first-order valence-electron chi connectivity index (χ1n) is 29.5. The first kappa shape index (κ1) is 48.6. The van der Waals surface area contributed by atoms with E-state index in [0.717, 1.165) is 25.7 Å². The van der Waals surface area contributed by atoms with Crippen molar-refractivity contribution in [2.75, 3.05) is 14.7 Å². The highest BCUT2D eigenvalue weighted by Crippen LogP contribution is 2.68. The Hall–Kier alpha value is -7.56. The van der Waals surface area contributed by atoms with Crippen molar-refractivity contribution in [1.29, 1.82) is 0 Å². The van der Waals surface area contributed by atoms with E-state index < -0.39 is 5.54 Å². The minimum absolute atomic E-state index is 0.00547. The van der Waals surface area contributed by atoms with Crippen LogP contribution < -0.4 is 31.1 Å². The van der Waals surface area contributed by atoms with E-state index in [2.05, 4.69) is 277 Å². The predicted molar refractivity (Wildman–Crippen MR) is 335 cm³/mol. The molecule has 0 saturated heterocycles. The largest absolute Gasteiger partial charge is 0.335 e. The molecule has 4 aliphatic heterocycles. The third kappa shape index (κ3) is 6.55. The Bertz CT molecular complexity index is 3940. The van der Waals surface area contributed by atoms with Crippen LogP contribution in [0.25, 0.3) is 22.3 Å². The van der Waals surface area contributed by atoms with Gasteiger partial charge in [0.15, 0.2) is 0 Å².